The van der Waals surface area contributed by atoms with Gasteiger partial charge in [-0.1, -0.05) is 0 Å². The van der Waals surface area contributed by atoms with Gasteiger partial charge in [0, 0.05) is 19.0 Å². The van der Waals surface area contributed by atoms with Crippen LogP contribution in [0.3, 0.4) is 0 Å². The molecule has 2 fully saturated rings. The summed E-state index contributed by atoms with van der Waals surface area (Å²) in [5, 5.41) is 15.8. The molecule has 0 saturated carbocycles. The highest BCUT2D eigenvalue weighted by molar-refractivity contribution is 4.91. The molecule has 0 aliphatic carbocycles. The molecule has 2 saturated heterocycles. The Morgan fingerprint density at radius 2 is 1.70 bits per heavy atom. The van der Waals surface area contributed by atoms with Gasteiger partial charge in [0.25, 0.3) is 0 Å². The summed E-state index contributed by atoms with van der Waals surface area (Å²) in [6.07, 6.45) is -0.0906. The number of hydrogen-bond donors (Lipinski definition) is 3. The number of β-amino-alcohol motifs (C(OH)–C–C–N with tert-alkyl or cyclic N) is 1. The van der Waals surface area contributed by atoms with Crippen LogP contribution in [0, 0.1) is 11.8 Å². The molecule has 0 bridgehead atoms. The molecular formula is C7H14N2O. The van der Waals surface area contributed by atoms with Crippen molar-refractivity contribution in [3.63, 3.8) is 0 Å². The van der Waals surface area contributed by atoms with E-state index in [0.717, 1.165) is 32.1 Å². The van der Waals surface area contributed by atoms with Gasteiger partial charge in [-0.15, -0.1) is 0 Å². The van der Waals surface area contributed by atoms with Crippen molar-refractivity contribution in [3.05, 3.63) is 0 Å². The first kappa shape index (κ1) is 6.58. The molecule has 3 nitrogen and oxygen atoms in total. The van der Waals surface area contributed by atoms with Crippen LogP contribution in [0.2, 0.25) is 0 Å². The zero-order valence-electron chi connectivity index (χ0n) is 6.01. The maximum Gasteiger partial charge on any atom is 0.0708 e. The van der Waals surface area contributed by atoms with Gasteiger partial charge in [-0.05, 0) is 19.0 Å². The van der Waals surface area contributed by atoms with Crippen LogP contribution < -0.4 is 10.6 Å². The van der Waals surface area contributed by atoms with Crippen LogP contribution in [0.5, 0.6) is 0 Å². The molecule has 2 rings (SSSR count). The van der Waals surface area contributed by atoms with Gasteiger partial charge in [-0.3, -0.25) is 0 Å². The lowest BCUT2D eigenvalue weighted by Crippen LogP contribution is -2.49. The van der Waals surface area contributed by atoms with E-state index in [1.165, 1.54) is 0 Å². The van der Waals surface area contributed by atoms with Crippen molar-refractivity contribution in [1.82, 2.24) is 10.6 Å². The lowest BCUT2D eigenvalue weighted by Gasteiger charge is -2.33. The smallest absolute Gasteiger partial charge is 0.0708 e. The van der Waals surface area contributed by atoms with Gasteiger partial charge in [0.05, 0.1) is 6.10 Å². The number of aliphatic hydroxyl groups excluding tert-OH is 1. The Morgan fingerprint density at radius 1 is 1.00 bits per heavy atom. The Morgan fingerprint density at radius 3 is 2.10 bits per heavy atom. The van der Waals surface area contributed by atoms with Crippen LogP contribution in [0.15, 0.2) is 0 Å². The zero-order chi connectivity index (χ0) is 6.97. The first-order valence-electron chi connectivity index (χ1n) is 3.97. The lowest BCUT2D eigenvalue weighted by molar-refractivity contribution is 0.0914. The molecule has 10 heavy (non-hydrogen) atoms. The molecule has 2 aliphatic heterocycles. The van der Waals surface area contributed by atoms with E-state index in [1.54, 1.807) is 0 Å². The third kappa shape index (κ3) is 0.944. The molecule has 0 aromatic heterocycles. The molecular weight excluding hydrogens is 128 g/mol. The summed E-state index contributed by atoms with van der Waals surface area (Å²) in [5.41, 5.74) is 0. The standard InChI is InChI=1S/C7H14N2O/c10-7-4-9-3-6(7)5-1-8-2-5/h5-10H,1-4H2. The zero-order valence-corrected chi connectivity index (χ0v) is 6.01. The van der Waals surface area contributed by atoms with E-state index >= 15 is 0 Å². The van der Waals surface area contributed by atoms with Crippen molar-refractivity contribution >= 4 is 0 Å². The lowest BCUT2D eigenvalue weighted by atomic mass is 9.85. The van der Waals surface area contributed by atoms with Gasteiger partial charge < -0.3 is 15.7 Å². The topological polar surface area (TPSA) is 44.3 Å². The van der Waals surface area contributed by atoms with E-state index in [2.05, 4.69) is 10.6 Å². The fraction of sp³-hybridized carbons (Fsp3) is 1.00. The van der Waals surface area contributed by atoms with Gasteiger partial charge in [0.2, 0.25) is 0 Å². The summed E-state index contributed by atoms with van der Waals surface area (Å²) in [5.74, 6) is 1.24. The first-order valence-corrected chi connectivity index (χ1v) is 3.97. The highest BCUT2D eigenvalue weighted by atomic mass is 16.3. The second-order valence-electron chi connectivity index (χ2n) is 3.31. The van der Waals surface area contributed by atoms with E-state index in [-0.39, 0.29) is 6.10 Å². The predicted molar refractivity (Wildman–Crippen MR) is 38.7 cm³/mol. The van der Waals surface area contributed by atoms with Crippen LogP contribution in [-0.2, 0) is 0 Å². The second-order valence-corrected chi connectivity index (χ2v) is 3.31. The average Bonchev–Trinajstić information content (AvgIpc) is 2.12. The molecule has 0 aromatic carbocycles. The van der Waals surface area contributed by atoms with Crippen LogP contribution in [0.25, 0.3) is 0 Å². The van der Waals surface area contributed by atoms with E-state index in [1.807, 2.05) is 0 Å². The number of aliphatic hydroxyl groups is 1. The Labute approximate surface area is 60.8 Å². The van der Waals surface area contributed by atoms with Gasteiger partial charge >= 0.3 is 0 Å². The van der Waals surface area contributed by atoms with Gasteiger partial charge in [0.1, 0.15) is 0 Å². The maximum atomic E-state index is 9.43. The third-order valence-corrected chi connectivity index (χ3v) is 2.65. The van der Waals surface area contributed by atoms with Crippen LogP contribution in [0.4, 0.5) is 0 Å². The predicted octanol–water partition coefficient (Wildman–Crippen LogP) is -1.21. The summed E-state index contributed by atoms with van der Waals surface area (Å²) < 4.78 is 0. The highest BCUT2D eigenvalue weighted by Crippen LogP contribution is 2.22. The van der Waals surface area contributed by atoms with Crippen molar-refractivity contribution in [2.24, 2.45) is 11.8 Å². The summed E-state index contributed by atoms with van der Waals surface area (Å²) >= 11 is 0. The SMILES string of the molecule is OC1CNCC1C1CNC1. The van der Waals surface area contributed by atoms with Crippen molar-refractivity contribution in [3.8, 4) is 0 Å². The van der Waals surface area contributed by atoms with Gasteiger partial charge in [-0.2, -0.15) is 0 Å². The average molecular weight is 142 g/mol. The Balaban J connectivity index is 1.90. The minimum Gasteiger partial charge on any atom is -0.391 e. The summed E-state index contributed by atoms with van der Waals surface area (Å²) in [7, 11) is 0. The van der Waals surface area contributed by atoms with Crippen molar-refractivity contribution in [2.75, 3.05) is 26.2 Å². The quantitative estimate of drug-likeness (QED) is 0.430. The molecule has 2 atom stereocenters. The molecule has 58 valence electrons. The second kappa shape index (κ2) is 2.49. The van der Waals surface area contributed by atoms with E-state index in [0.29, 0.717) is 5.92 Å². The van der Waals surface area contributed by atoms with Crippen LogP contribution in [0.1, 0.15) is 0 Å². The van der Waals surface area contributed by atoms with Crippen molar-refractivity contribution in [1.29, 1.82) is 0 Å². The van der Waals surface area contributed by atoms with Crippen molar-refractivity contribution in [2.45, 2.75) is 6.10 Å². The molecule has 2 unspecified atom stereocenters. The minimum absolute atomic E-state index is 0.0906. The summed E-state index contributed by atoms with van der Waals surface area (Å²) in [6, 6.07) is 0. The summed E-state index contributed by atoms with van der Waals surface area (Å²) in [4.78, 5) is 0. The van der Waals surface area contributed by atoms with Gasteiger partial charge in [0.15, 0.2) is 0 Å². The summed E-state index contributed by atoms with van der Waals surface area (Å²) in [6.45, 7) is 4.00. The third-order valence-electron chi connectivity index (χ3n) is 2.65. The van der Waals surface area contributed by atoms with E-state index < -0.39 is 0 Å². The van der Waals surface area contributed by atoms with E-state index in [9.17, 15) is 5.11 Å². The van der Waals surface area contributed by atoms with Crippen LogP contribution >= 0.6 is 0 Å². The fourth-order valence-corrected chi connectivity index (χ4v) is 1.78. The molecule has 3 heteroatoms. The molecule has 0 aromatic rings. The van der Waals surface area contributed by atoms with E-state index in [4.69, 9.17) is 0 Å². The minimum atomic E-state index is -0.0906. The fourth-order valence-electron chi connectivity index (χ4n) is 1.78. The molecule has 3 N–H and O–H groups in total. The molecule has 0 amide bonds. The number of rotatable bonds is 1. The van der Waals surface area contributed by atoms with Gasteiger partial charge in [-0.25, -0.2) is 0 Å². The van der Waals surface area contributed by atoms with Crippen molar-refractivity contribution < 1.29 is 5.11 Å². The normalized spacial score (nSPS) is 41.7. The molecule has 0 spiro atoms. The number of nitrogens with one attached hydrogen (secondary N) is 2. The molecule has 0 radical (unpaired) electrons. The largest absolute Gasteiger partial charge is 0.391 e. The molecule has 2 heterocycles. The molecule has 2 aliphatic rings. The first-order chi connectivity index (χ1) is 4.88. The number of hydrogen-bond acceptors (Lipinski definition) is 3. The Hall–Kier alpha value is -0.120. The Bertz CT molecular complexity index is 125. The Kier molecular flexibility index (Phi) is 1.64. The maximum absolute atomic E-state index is 9.43. The van der Waals surface area contributed by atoms with Crippen LogP contribution in [-0.4, -0.2) is 37.4 Å². The monoisotopic (exact) mass is 142 g/mol. The highest BCUT2D eigenvalue weighted by Gasteiger charge is 2.35.